The first-order valence-electron chi connectivity index (χ1n) is 6.29. The van der Waals surface area contributed by atoms with Crippen LogP contribution in [0.1, 0.15) is 26.7 Å². The zero-order valence-corrected chi connectivity index (χ0v) is 12.9. The summed E-state index contributed by atoms with van der Waals surface area (Å²) in [5.74, 6) is 0.485. The van der Waals surface area contributed by atoms with Crippen molar-refractivity contribution < 1.29 is 13.3 Å². The minimum atomic E-state index is -3.70. The highest BCUT2D eigenvalue weighted by Crippen LogP contribution is 2.37. The van der Waals surface area contributed by atoms with Gasteiger partial charge in [-0.05, 0) is 25.7 Å². The molecule has 0 bridgehead atoms. The molecule has 2 rings (SSSR count). The Bertz CT molecular complexity index is 626. The molecule has 1 aliphatic rings. The van der Waals surface area contributed by atoms with E-state index in [0.29, 0.717) is 12.5 Å². The largest absolute Gasteiger partial charge is 0.385 e. The standard InChI is InChI=1S/C11H17N3O4S2/c1-7-3-4-13(8(2)5-7)20(17,18)10-6-9(14(15)16)11(12)19-10/h6-8H,3-5,12H2,1-2H3. The van der Waals surface area contributed by atoms with Gasteiger partial charge in [-0.1, -0.05) is 18.3 Å². The molecular formula is C11H17N3O4S2. The minimum absolute atomic E-state index is 0.0527. The summed E-state index contributed by atoms with van der Waals surface area (Å²) in [4.78, 5) is 10.1. The molecule has 1 aliphatic heterocycles. The van der Waals surface area contributed by atoms with Crippen LogP contribution in [0.5, 0.6) is 0 Å². The van der Waals surface area contributed by atoms with Crippen LogP contribution in [0.15, 0.2) is 10.3 Å². The van der Waals surface area contributed by atoms with Crippen molar-refractivity contribution in [3.05, 3.63) is 16.2 Å². The van der Waals surface area contributed by atoms with Crippen LogP contribution in [0.4, 0.5) is 10.7 Å². The second-order valence-electron chi connectivity index (χ2n) is 5.17. The fraction of sp³-hybridized carbons (Fsp3) is 0.636. The van der Waals surface area contributed by atoms with Crippen molar-refractivity contribution in [1.29, 1.82) is 0 Å². The molecule has 20 heavy (non-hydrogen) atoms. The third kappa shape index (κ3) is 2.65. The zero-order chi connectivity index (χ0) is 15.1. The topological polar surface area (TPSA) is 107 Å². The number of anilines is 1. The highest BCUT2D eigenvalue weighted by atomic mass is 32.2. The Hall–Kier alpha value is -1.19. The van der Waals surface area contributed by atoms with Crippen LogP contribution in [-0.2, 0) is 10.0 Å². The second-order valence-corrected chi connectivity index (χ2v) is 8.37. The van der Waals surface area contributed by atoms with E-state index in [4.69, 9.17) is 5.73 Å². The van der Waals surface area contributed by atoms with Crippen molar-refractivity contribution in [2.24, 2.45) is 5.92 Å². The molecule has 9 heteroatoms. The summed E-state index contributed by atoms with van der Waals surface area (Å²) in [6.45, 7) is 4.39. The van der Waals surface area contributed by atoms with Crippen LogP contribution in [-0.4, -0.2) is 30.2 Å². The first-order valence-corrected chi connectivity index (χ1v) is 8.54. The number of rotatable bonds is 3. The van der Waals surface area contributed by atoms with E-state index in [1.54, 1.807) is 0 Å². The number of nitro groups is 1. The molecule has 0 spiro atoms. The molecule has 2 unspecified atom stereocenters. The summed E-state index contributed by atoms with van der Waals surface area (Å²) in [6.07, 6.45) is 1.59. The van der Waals surface area contributed by atoms with E-state index in [2.05, 4.69) is 6.92 Å². The van der Waals surface area contributed by atoms with Crippen LogP contribution in [0.2, 0.25) is 0 Å². The van der Waals surface area contributed by atoms with Gasteiger partial charge in [-0.25, -0.2) is 8.42 Å². The lowest BCUT2D eigenvalue weighted by Gasteiger charge is -2.34. The Morgan fingerprint density at radius 1 is 1.50 bits per heavy atom. The minimum Gasteiger partial charge on any atom is -0.385 e. The van der Waals surface area contributed by atoms with Crippen molar-refractivity contribution in [2.45, 2.75) is 36.9 Å². The Balaban J connectivity index is 2.35. The van der Waals surface area contributed by atoms with Gasteiger partial charge in [0.05, 0.1) is 4.92 Å². The average Bonchev–Trinajstić information content (AvgIpc) is 2.71. The maximum Gasteiger partial charge on any atom is 0.304 e. The molecule has 1 aromatic rings. The number of thiophene rings is 1. The predicted molar refractivity (Wildman–Crippen MR) is 77.1 cm³/mol. The van der Waals surface area contributed by atoms with Gasteiger partial charge in [0.2, 0.25) is 0 Å². The van der Waals surface area contributed by atoms with Crippen molar-refractivity contribution >= 4 is 32.0 Å². The number of sulfonamides is 1. The van der Waals surface area contributed by atoms with E-state index in [9.17, 15) is 18.5 Å². The molecule has 112 valence electrons. The molecule has 1 aromatic heterocycles. The molecule has 0 saturated carbocycles. The SMILES string of the molecule is CC1CCN(S(=O)(=O)c2cc([N+](=O)[O-])c(N)s2)C(C)C1. The normalized spacial score (nSPS) is 24.7. The number of piperidine rings is 1. The average molecular weight is 319 g/mol. The van der Waals surface area contributed by atoms with Crippen molar-refractivity contribution in [1.82, 2.24) is 4.31 Å². The van der Waals surface area contributed by atoms with Crippen LogP contribution in [0.3, 0.4) is 0 Å². The molecule has 7 nitrogen and oxygen atoms in total. The second kappa shape index (κ2) is 5.30. The lowest BCUT2D eigenvalue weighted by molar-refractivity contribution is -0.383. The number of hydrogen-bond donors (Lipinski definition) is 1. The fourth-order valence-corrected chi connectivity index (χ4v) is 5.50. The Morgan fingerprint density at radius 3 is 2.65 bits per heavy atom. The molecule has 1 saturated heterocycles. The van der Waals surface area contributed by atoms with Gasteiger partial charge >= 0.3 is 5.69 Å². The van der Waals surface area contributed by atoms with Crippen LogP contribution in [0, 0.1) is 16.0 Å². The summed E-state index contributed by atoms with van der Waals surface area (Å²) in [6, 6.07) is 0.950. The highest BCUT2D eigenvalue weighted by molar-refractivity contribution is 7.91. The molecule has 0 aliphatic carbocycles. The van der Waals surface area contributed by atoms with E-state index in [1.807, 2.05) is 6.92 Å². The first-order chi connectivity index (χ1) is 9.23. The van der Waals surface area contributed by atoms with Gasteiger partial charge in [0.15, 0.2) is 5.00 Å². The zero-order valence-electron chi connectivity index (χ0n) is 11.3. The van der Waals surface area contributed by atoms with Gasteiger partial charge in [-0.15, -0.1) is 0 Å². The summed E-state index contributed by atoms with van der Waals surface area (Å²) >= 11 is 0.753. The van der Waals surface area contributed by atoms with Gasteiger partial charge in [0, 0.05) is 18.7 Å². The van der Waals surface area contributed by atoms with Crippen LogP contribution < -0.4 is 5.73 Å². The van der Waals surface area contributed by atoms with E-state index in [-0.39, 0.29) is 20.9 Å². The van der Waals surface area contributed by atoms with E-state index < -0.39 is 14.9 Å². The highest BCUT2D eigenvalue weighted by Gasteiger charge is 2.35. The Kier molecular flexibility index (Phi) is 4.03. The van der Waals surface area contributed by atoms with Gasteiger partial charge in [-0.3, -0.25) is 10.1 Å². The maximum atomic E-state index is 12.6. The number of nitrogens with two attached hydrogens (primary N) is 1. The van der Waals surface area contributed by atoms with Gasteiger partial charge in [0.1, 0.15) is 4.21 Å². The molecule has 1 fully saturated rings. The van der Waals surface area contributed by atoms with Gasteiger partial charge in [0.25, 0.3) is 10.0 Å². The van der Waals surface area contributed by atoms with E-state index >= 15 is 0 Å². The smallest absolute Gasteiger partial charge is 0.304 e. The predicted octanol–water partition coefficient (Wildman–Crippen LogP) is 2.05. The molecule has 0 radical (unpaired) electrons. The molecule has 0 amide bonds. The van der Waals surface area contributed by atoms with E-state index in [0.717, 1.165) is 30.2 Å². The van der Waals surface area contributed by atoms with Gasteiger partial charge in [-0.2, -0.15) is 4.31 Å². The summed E-state index contributed by atoms with van der Waals surface area (Å²) in [5.41, 5.74) is 5.18. The first kappa shape index (κ1) is 15.2. The Morgan fingerprint density at radius 2 is 2.15 bits per heavy atom. The van der Waals surface area contributed by atoms with E-state index in [1.165, 1.54) is 4.31 Å². The van der Waals surface area contributed by atoms with Crippen LogP contribution in [0.25, 0.3) is 0 Å². The molecule has 2 heterocycles. The molecule has 2 atom stereocenters. The van der Waals surface area contributed by atoms with Crippen molar-refractivity contribution in [3.63, 3.8) is 0 Å². The lowest BCUT2D eigenvalue weighted by Crippen LogP contribution is -2.43. The molecular weight excluding hydrogens is 302 g/mol. The third-order valence-electron chi connectivity index (χ3n) is 3.55. The summed E-state index contributed by atoms with van der Waals surface area (Å²) in [5, 5.41) is 10.7. The van der Waals surface area contributed by atoms with Crippen molar-refractivity contribution in [2.75, 3.05) is 12.3 Å². The Labute approximate surface area is 121 Å². The fourth-order valence-electron chi connectivity index (χ4n) is 2.50. The molecule has 0 aromatic carbocycles. The number of hydrogen-bond acceptors (Lipinski definition) is 6. The van der Waals surface area contributed by atoms with Crippen molar-refractivity contribution in [3.8, 4) is 0 Å². The lowest BCUT2D eigenvalue weighted by atomic mass is 9.95. The summed E-state index contributed by atoms with van der Waals surface area (Å²) < 4.78 is 26.5. The monoisotopic (exact) mass is 319 g/mol. The van der Waals surface area contributed by atoms with Crippen LogP contribution >= 0.6 is 11.3 Å². The molecule has 2 N–H and O–H groups in total. The van der Waals surface area contributed by atoms with Gasteiger partial charge < -0.3 is 5.73 Å². The summed E-state index contributed by atoms with van der Waals surface area (Å²) in [7, 11) is -3.70. The third-order valence-corrected chi connectivity index (χ3v) is 6.97. The maximum absolute atomic E-state index is 12.6. The number of nitrogens with zero attached hydrogens (tertiary/aromatic N) is 2. The number of nitrogen functional groups attached to an aromatic ring is 1. The quantitative estimate of drug-likeness (QED) is 0.677.